The van der Waals surface area contributed by atoms with Crippen molar-refractivity contribution in [2.75, 3.05) is 6.61 Å². The fourth-order valence-corrected chi connectivity index (χ4v) is 4.01. The minimum Gasteiger partial charge on any atom is -0.396 e. The third kappa shape index (κ3) is 4.39. The SMILES string of the molecule is O=C(Cc1csc(-c2ccccn2)n1)NC1CCCCCC1CO. The van der Waals surface area contributed by atoms with Crippen molar-refractivity contribution in [1.82, 2.24) is 15.3 Å². The van der Waals surface area contributed by atoms with Crippen LogP contribution in [0.3, 0.4) is 0 Å². The van der Waals surface area contributed by atoms with Gasteiger partial charge in [0.05, 0.1) is 17.8 Å². The third-order valence-electron chi connectivity index (χ3n) is 4.52. The second-order valence-electron chi connectivity index (χ2n) is 6.29. The van der Waals surface area contributed by atoms with E-state index in [0.29, 0.717) is 0 Å². The molecule has 2 unspecified atom stereocenters. The Morgan fingerprint density at radius 2 is 2.17 bits per heavy atom. The van der Waals surface area contributed by atoms with Gasteiger partial charge in [0.1, 0.15) is 5.01 Å². The molecule has 0 radical (unpaired) electrons. The molecule has 24 heavy (non-hydrogen) atoms. The molecule has 1 fully saturated rings. The van der Waals surface area contributed by atoms with Crippen LogP contribution in [-0.2, 0) is 11.2 Å². The molecule has 1 aliphatic rings. The van der Waals surface area contributed by atoms with Crippen LogP contribution in [-0.4, -0.2) is 33.6 Å². The summed E-state index contributed by atoms with van der Waals surface area (Å²) in [6.07, 6.45) is 7.39. The highest BCUT2D eigenvalue weighted by Crippen LogP contribution is 2.24. The van der Waals surface area contributed by atoms with E-state index in [1.807, 2.05) is 23.6 Å². The quantitative estimate of drug-likeness (QED) is 0.817. The van der Waals surface area contributed by atoms with Crippen LogP contribution in [0.15, 0.2) is 29.8 Å². The van der Waals surface area contributed by atoms with Crippen LogP contribution in [0.5, 0.6) is 0 Å². The Morgan fingerprint density at radius 1 is 1.29 bits per heavy atom. The lowest BCUT2D eigenvalue weighted by Gasteiger charge is -2.24. The van der Waals surface area contributed by atoms with Crippen LogP contribution in [0.1, 0.15) is 37.8 Å². The first-order valence-electron chi connectivity index (χ1n) is 8.52. The molecule has 0 spiro atoms. The van der Waals surface area contributed by atoms with Gasteiger partial charge in [-0.05, 0) is 25.0 Å². The fraction of sp³-hybridized carbons (Fsp3) is 0.500. The molecule has 6 heteroatoms. The molecular formula is C18H23N3O2S. The number of pyridine rings is 1. The van der Waals surface area contributed by atoms with Crippen LogP contribution in [0.2, 0.25) is 0 Å². The molecule has 0 aliphatic heterocycles. The minimum absolute atomic E-state index is 0.0155. The number of carbonyl (C=O) groups excluding carboxylic acids is 1. The van der Waals surface area contributed by atoms with Gasteiger partial charge in [-0.25, -0.2) is 4.98 Å². The molecule has 1 saturated carbocycles. The van der Waals surface area contributed by atoms with Crippen LogP contribution < -0.4 is 5.32 Å². The van der Waals surface area contributed by atoms with Gasteiger partial charge in [0, 0.05) is 30.1 Å². The van der Waals surface area contributed by atoms with E-state index in [2.05, 4.69) is 15.3 Å². The van der Waals surface area contributed by atoms with Gasteiger partial charge in [0.2, 0.25) is 5.91 Å². The molecule has 5 nitrogen and oxygen atoms in total. The standard InChI is InChI=1S/C18H23N3O2S/c22-11-13-6-2-1-3-7-15(13)21-17(23)10-14-12-24-18(20-14)16-8-4-5-9-19-16/h4-5,8-9,12-13,15,22H,1-3,6-7,10-11H2,(H,21,23). The Labute approximate surface area is 146 Å². The summed E-state index contributed by atoms with van der Waals surface area (Å²) in [6.45, 7) is 0.144. The first kappa shape index (κ1) is 17.0. The fourth-order valence-electron chi connectivity index (χ4n) is 3.21. The molecule has 0 saturated heterocycles. The Balaban J connectivity index is 1.59. The molecule has 2 aromatic heterocycles. The maximum atomic E-state index is 12.4. The zero-order valence-corrected chi connectivity index (χ0v) is 14.5. The van der Waals surface area contributed by atoms with E-state index in [0.717, 1.165) is 42.1 Å². The lowest BCUT2D eigenvalue weighted by Crippen LogP contribution is -2.41. The monoisotopic (exact) mass is 345 g/mol. The van der Waals surface area contributed by atoms with E-state index in [-0.39, 0.29) is 30.9 Å². The number of hydrogen-bond donors (Lipinski definition) is 2. The number of amides is 1. The van der Waals surface area contributed by atoms with E-state index in [1.54, 1.807) is 6.20 Å². The highest BCUT2D eigenvalue weighted by molar-refractivity contribution is 7.13. The van der Waals surface area contributed by atoms with Crippen LogP contribution in [0.25, 0.3) is 10.7 Å². The summed E-state index contributed by atoms with van der Waals surface area (Å²) in [5.41, 5.74) is 1.60. The summed E-state index contributed by atoms with van der Waals surface area (Å²) in [5.74, 6) is 0.161. The molecule has 2 heterocycles. The molecule has 0 bridgehead atoms. The lowest BCUT2D eigenvalue weighted by molar-refractivity contribution is -0.121. The number of nitrogens with zero attached hydrogens (tertiary/aromatic N) is 2. The van der Waals surface area contributed by atoms with Gasteiger partial charge in [-0.15, -0.1) is 11.3 Å². The molecule has 2 N–H and O–H groups in total. The number of carbonyl (C=O) groups is 1. The van der Waals surface area contributed by atoms with Gasteiger partial charge >= 0.3 is 0 Å². The van der Waals surface area contributed by atoms with E-state index >= 15 is 0 Å². The van der Waals surface area contributed by atoms with Gasteiger partial charge in [-0.1, -0.05) is 25.3 Å². The van der Waals surface area contributed by atoms with Gasteiger partial charge in [-0.2, -0.15) is 0 Å². The second-order valence-corrected chi connectivity index (χ2v) is 7.15. The van der Waals surface area contributed by atoms with Crippen molar-refractivity contribution in [3.05, 3.63) is 35.5 Å². The number of rotatable bonds is 5. The number of aliphatic hydroxyl groups is 1. The minimum atomic E-state index is -0.0155. The Bertz CT molecular complexity index is 659. The number of aromatic nitrogens is 2. The summed E-state index contributed by atoms with van der Waals surface area (Å²) in [7, 11) is 0. The topological polar surface area (TPSA) is 75.1 Å². The average molecular weight is 345 g/mol. The molecular weight excluding hydrogens is 322 g/mol. The number of nitrogens with one attached hydrogen (secondary N) is 1. The normalized spacial score (nSPS) is 21.2. The average Bonchev–Trinajstić information content (AvgIpc) is 2.95. The van der Waals surface area contributed by atoms with Gasteiger partial charge in [0.25, 0.3) is 0 Å². The second kappa shape index (κ2) is 8.35. The summed E-state index contributed by atoms with van der Waals surface area (Å²) >= 11 is 1.51. The summed E-state index contributed by atoms with van der Waals surface area (Å²) in [4.78, 5) is 21.2. The lowest BCUT2D eigenvalue weighted by atomic mass is 9.95. The van der Waals surface area contributed by atoms with Gasteiger partial charge < -0.3 is 10.4 Å². The Morgan fingerprint density at radius 3 is 2.96 bits per heavy atom. The molecule has 2 aromatic rings. The first-order valence-corrected chi connectivity index (χ1v) is 9.40. The maximum absolute atomic E-state index is 12.4. The van der Waals surface area contributed by atoms with Gasteiger partial charge in [0.15, 0.2) is 0 Å². The van der Waals surface area contributed by atoms with Gasteiger partial charge in [-0.3, -0.25) is 9.78 Å². The molecule has 1 amide bonds. The Kier molecular flexibility index (Phi) is 5.93. The number of thiazole rings is 1. The van der Waals surface area contributed by atoms with E-state index in [9.17, 15) is 9.90 Å². The molecule has 2 atom stereocenters. The molecule has 128 valence electrons. The van der Waals surface area contributed by atoms with Crippen LogP contribution >= 0.6 is 11.3 Å². The largest absolute Gasteiger partial charge is 0.396 e. The maximum Gasteiger partial charge on any atom is 0.226 e. The molecule has 0 aromatic carbocycles. The van der Waals surface area contributed by atoms with Crippen molar-refractivity contribution in [3.63, 3.8) is 0 Å². The zero-order valence-electron chi connectivity index (χ0n) is 13.6. The van der Waals surface area contributed by atoms with Crippen molar-refractivity contribution >= 4 is 17.2 Å². The molecule has 3 rings (SSSR count). The van der Waals surface area contributed by atoms with Crippen molar-refractivity contribution in [2.24, 2.45) is 5.92 Å². The van der Waals surface area contributed by atoms with Crippen molar-refractivity contribution in [3.8, 4) is 10.7 Å². The number of hydrogen-bond acceptors (Lipinski definition) is 5. The van der Waals surface area contributed by atoms with Crippen molar-refractivity contribution < 1.29 is 9.90 Å². The summed E-state index contributed by atoms with van der Waals surface area (Å²) < 4.78 is 0. The first-order chi connectivity index (χ1) is 11.8. The van der Waals surface area contributed by atoms with E-state index in [1.165, 1.54) is 17.8 Å². The predicted molar refractivity (Wildman–Crippen MR) is 94.6 cm³/mol. The third-order valence-corrected chi connectivity index (χ3v) is 5.43. The zero-order chi connectivity index (χ0) is 16.8. The van der Waals surface area contributed by atoms with Crippen molar-refractivity contribution in [2.45, 2.75) is 44.6 Å². The van der Waals surface area contributed by atoms with E-state index in [4.69, 9.17) is 0 Å². The highest BCUT2D eigenvalue weighted by Gasteiger charge is 2.24. The highest BCUT2D eigenvalue weighted by atomic mass is 32.1. The molecule has 1 aliphatic carbocycles. The number of aliphatic hydroxyl groups excluding tert-OH is 1. The Hall–Kier alpha value is -1.79. The van der Waals surface area contributed by atoms with Crippen molar-refractivity contribution in [1.29, 1.82) is 0 Å². The van der Waals surface area contributed by atoms with Crippen LogP contribution in [0, 0.1) is 5.92 Å². The van der Waals surface area contributed by atoms with Crippen LogP contribution in [0.4, 0.5) is 0 Å². The van der Waals surface area contributed by atoms with E-state index < -0.39 is 0 Å². The smallest absolute Gasteiger partial charge is 0.226 e. The summed E-state index contributed by atoms with van der Waals surface area (Å²) in [6, 6.07) is 5.80. The predicted octanol–water partition coefficient (Wildman–Crippen LogP) is 2.81. The summed E-state index contributed by atoms with van der Waals surface area (Å²) in [5, 5.41) is 15.4.